The van der Waals surface area contributed by atoms with Gasteiger partial charge in [0.1, 0.15) is 6.61 Å². The standard InChI is InChI=1S/C31H33N5O7S.O3S/c1-44-27-14-29(40)36(30(27)41)10-8-28(39)34-18-6-7-22-20-4-2-3-5-21(20)24(23(22)12-18)16-43-31(42)35-25(26(38)9-11-37)13-19-15-32-17-33-19;1-4(2)3/h2-7,12,15,17,24-25,27,37H,8-11,13-14,16H2,1H3,(H,32,33)(H,34,39)(H,35,42);. The number of likely N-dealkylation sites (tertiary alicyclic amines) is 1. The second-order valence-corrected chi connectivity index (χ2v) is 12.2. The lowest BCUT2D eigenvalue weighted by Crippen LogP contribution is -2.43. The molecular formula is C31H33N5O10S2. The zero-order valence-corrected chi connectivity index (χ0v) is 27.3. The maximum Gasteiger partial charge on any atom is 0.425 e. The van der Waals surface area contributed by atoms with Gasteiger partial charge in [-0.25, -0.2) is 9.78 Å². The van der Waals surface area contributed by atoms with Crippen LogP contribution < -0.4 is 10.6 Å². The van der Waals surface area contributed by atoms with Gasteiger partial charge >= 0.3 is 16.7 Å². The fraction of sp³-hybridized carbons (Fsp3) is 0.355. The van der Waals surface area contributed by atoms with Crippen molar-refractivity contribution in [3.05, 3.63) is 71.8 Å². The van der Waals surface area contributed by atoms with E-state index in [0.29, 0.717) is 11.4 Å². The number of aromatic nitrogens is 2. The van der Waals surface area contributed by atoms with Gasteiger partial charge in [-0.05, 0) is 40.6 Å². The van der Waals surface area contributed by atoms with Crippen molar-refractivity contribution in [2.24, 2.45) is 0 Å². The van der Waals surface area contributed by atoms with Gasteiger partial charge in [0.25, 0.3) is 0 Å². The van der Waals surface area contributed by atoms with E-state index in [1.807, 2.05) is 36.4 Å². The Hall–Kier alpha value is -4.87. The number of rotatable bonds is 13. The van der Waals surface area contributed by atoms with E-state index in [1.54, 1.807) is 18.5 Å². The van der Waals surface area contributed by atoms with Crippen molar-refractivity contribution in [1.29, 1.82) is 0 Å². The van der Waals surface area contributed by atoms with Crippen LogP contribution in [0.1, 0.15) is 42.0 Å². The molecule has 1 aliphatic carbocycles. The highest BCUT2D eigenvalue weighted by atomic mass is 32.2. The van der Waals surface area contributed by atoms with Gasteiger partial charge < -0.3 is 25.5 Å². The zero-order valence-electron chi connectivity index (χ0n) is 25.7. The van der Waals surface area contributed by atoms with Crippen molar-refractivity contribution in [3.63, 3.8) is 0 Å². The Bertz CT molecular complexity index is 1780. The van der Waals surface area contributed by atoms with Crippen LogP contribution in [0.5, 0.6) is 0 Å². The van der Waals surface area contributed by atoms with Crippen LogP contribution in [0.2, 0.25) is 0 Å². The summed E-state index contributed by atoms with van der Waals surface area (Å²) in [4.78, 5) is 70.8. The van der Waals surface area contributed by atoms with Crippen molar-refractivity contribution >= 4 is 57.7 Å². The van der Waals surface area contributed by atoms with Crippen molar-refractivity contribution < 1.29 is 46.4 Å². The molecule has 1 aromatic heterocycles. The number of aliphatic hydroxyl groups is 1. The number of H-pyrrole nitrogens is 1. The number of ether oxygens (including phenoxy) is 1. The number of thioether (sulfide) groups is 1. The van der Waals surface area contributed by atoms with Crippen LogP contribution in [0.25, 0.3) is 11.1 Å². The van der Waals surface area contributed by atoms with Crippen LogP contribution in [-0.2, 0) is 40.9 Å². The average molecular weight is 700 g/mol. The second kappa shape index (κ2) is 16.8. The first-order valence-electron chi connectivity index (χ1n) is 14.7. The van der Waals surface area contributed by atoms with Gasteiger partial charge in [0.2, 0.25) is 17.7 Å². The normalized spacial score (nSPS) is 16.7. The molecule has 3 unspecified atom stereocenters. The molecule has 4 amide bonds. The number of benzene rings is 2. The molecule has 4 N–H and O–H groups in total. The predicted molar refractivity (Wildman–Crippen MR) is 173 cm³/mol. The number of carbonyl (C=O) groups excluding carboxylic acids is 5. The Kier molecular flexibility index (Phi) is 12.6. The van der Waals surface area contributed by atoms with Crippen molar-refractivity contribution in [1.82, 2.24) is 20.2 Å². The minimum Gasteiger partial charge on any atom is -0.449 e. The molecule has 3 atom stereocenters. The fourth-order valence-electron chi connectivity index (χ4n) is 5.56. The Morgan fingerprint density at radius 1 is 1.10 bits per heavy atom. The minimum atomic E-state index is -3.11. The Labute approximate surface area is 280 Å². The molecule has 5 rings (SSSR count). The van der Waals surface area contributed by atoms with E-state index in [1.165, 1.54) is 18.1 Å². The quantitative estimate of drug-likeness (QED) is 0.187. The van der Waals surface area contributed by atoms with E-state index in [0.717, 1.165) is 27.2 Å². The highest BCUT2D eigenvalue weighted by Gasteiger charge is 2.38. The van der Waals surface area contributed by atoms with Crippen LogP contribution >= 0.6 is 11.8 Å². The van der Waals surface area contributed by atoms with Crippen LogP contribution in [0.4, 0.5) is 10.5 Å². The number of amides is 4. The summed E-state index contributed by atoms with van der Waals surface area (Å²) in [5, 5.41) is 14.3. The molecule has 15 nitrogen and oxygen atoms in total. The van der Waals surface area contributed by atoms with E-state index in [2.05, 4.69) is 20.6 Å². The molecule has 0 radical (unpaired) electrons. The molecule has 2 aromatic carbocycles. The number of carbonyl (C=O) groups is 5. The third-order valence-corrected chi connectivity index (χ3v) is 8.72. The number of hydrogen-bond donors (Lipinski definition) is 4. The first-order valence-corrected chi connectivity index (χ1v) is 17.0. The van der Waals surface area contributed by atoms with Crippen LogP contribution in [0.15, 0.2) is 55.0 Å². The summed E-state index contributed by atoms with van der Waals surface area (Å²) in [5.74, 6) is -1.53. The zero-order chi connectivity index (χ0) is 34.8. The Morgan fingerprint density at radius 3 is 2.50 bits per heavy atom. The number of anilines is 1. The lowest BCUT2D eigenvalue weighted by molar-refractivity contribution is -0.138. The number of aromatic amines is 1. The Balaban J connectivity index is 0.00000123. The SMILES string of the molecule is CSC1CC(=O)N(CCC(=O)Nc2ccc3c(c2)C(COC(=O)NC(Cc2cnc[nH]2)C(=O)CCO)c2ccccc2-3)C1=O.O=S(=O)=O. The molecule has 2 aliphatic rings. The third-order valence-electron chi connectivity index (χ3n) is 7.79. The molecular weight excluding hydrogens is 667 g/mol. The monoisotopic (exact) mass is 699 g/mol. The molecule has 0 saturated carbocycles. The molecule has 48 heavy (non-hydrogen) atoms. The fourth-order valence-corrected chi connectivity index (χ4v) is 6.20. The second-order valence-electron chi connectivity index (χ2n) is 10.8. The van der Waals surface area contributed by atoms with Crippen LogP contribution in [-0.4, -0.2) is 99.5 Å². The number of alkyl carbamates (subject to hydrolysis) is 1. The summed E-state index contributed by atoms with van der Waals surface area (Å²) < 4.78 is 31.0. The predicted octanol–water partition coefficient (Wildman–Crippen LogP) is 1.63. The summed E-state index contributed by atoms with van der Waals surface area (Å²) in [7, 11) is -3.11. The first-order chi connectivity index (χ1) is 23.0. The number of imide groups is 1. The summed E-state index contributed by atoms with van der Waals surface area (Å²) >= 11 is 1.33. The smallest absolute Gasteiger partial charge is 0.425 e. The van der Waals surface area contributed by atoms with Gasteiger partial charge in [0.15, 0.2) is 5.78 Å². The van der Waals surface area contributed by atoms with E-state index < -0.39 is 28.0 Å². The highest BCUT2D eigenvalue weighted by Crippen LogP contribution is 2.45. The highest BCUT2D eigenvalue weighted by molar-refractivity contribution is 8.00. The van der Waals surface area contributed by atoms with Crippen molar-refractivity contribution in [2.75, 3.05) is 31.3 Å². The van der Waals surface area contributed by atoms with Gasteiger partial charge in [-0.15, -0.1) is 12.6 Å². The van der Waals surface area contributed by atoms with Gasteiger partial charge in [-0.1, -0.05) is 30.3 Å². The van der Waals surface area contributed by atoms with Crippen molar-refractivity contribution in [3.8, 4) is 11.1 Å². The molecule has 2 heterocycles. The Morgan fingerprint density at radius 2 is 1.83 bits per heavy atom. The van der Waals surface area contributed by atoms with Crippen molar-refractivity contribution in [2.45, 2.75) is 42.9 Å². The molecule has 0 spiro atoms. The van der Waals surface area contributed by atoms with Gasteiger partial charge in [0, 0.05) is 55.7 Å². The molecule has 0 bridgehead atoms. The number of nitrogens with zero attached hydrogens (tertiary/aromatic N) is 2. The number of ketones is 1. The number of nitrogens with one attached hydrogen (secondary N) is 3. The molecule has 17 heteroatoms. The topological polar surface area (TPSA) is 222 Å². The van der Waals surface area contributed by atoms with E-state index in [9.17, 15) is 29.1 Å². The molecule has 1 saturated heterocycles. The average Bonchev–Trinajstić information content (AvgIpc) is 3.74. The molecule has 254 valence electrons. The van der Waals surface area contributed by atoms with Gasteiger partial charge in [-0.2, -0.15) is 11.8 Å². The summed E-state index contributed by atoms with van der Waals surface area (Å²) in [5.41, 5.74) is 4.93. The minimum absolute atomic E-state index is 0.0185. The number of imidazole rings is 1. The maximum absolute atomic E-state index is 12.9. The van der Waals surface area contributed by atoms with Gasteiger partial charge in [-0.3, -0.25) is 24.1 Å². The number of aliphatic hydroxyl groups excluding tert-OH is 1. The van der Waals surface area contributed by atoms with Crippen LogP contribution in [0.3, 0.4) is 0 Å². The van der Waals surface area contributed by atoms with Gasteiger partial charge in [0.05, 0.1) is 24.2 Å². The number of fused-ring (bicyclic) bond motifs is 3. The van der Waals surface area contributed by atoms with E-state index in [-0.39, 0.29) is 74.9 Å². The lowest BCUT2D eigenvalue weighted by atomic mass is 9.97. The summed E-state index contributed by atoms with van der Waals surface area (Å²) in [6.45, 7) is -0.338. The lowest BCUT2D eigenvalue weighted by Gasteiger charge is -2.19. The first kappa shape index (κ1) is 36.0. The molecule has 1 aliphatic heterocycles. The molecule has 3 aromatic rings. The third kappa shape index (κ3) is 9.14. The summed E-state index contributed by atoms with van der Waals surface area (Å²) in [6, 6.07) is 12.4. The largest absolute Gasteiger partial charge is 0.449 e. The van der Waals surface area contributed by atoms with Crippen LogP contribution in [0, 0.1) is 0 Å². The molecule has 1 fully saturated rings. The van der Waals surface area contributed by atoms with E-state index in [4.69, 9.17) is 17.4 Å². The maximum atomic E-state index is 12.9. The van der Waals surface area contributed by atoms with E-state index >= 15 is 0 Å². The number of Topliss-reactive ketones (excluding diaryl/α,β-unsaturated/α-hetero) is 1. The summed E-state index contributed by atoms with van der Waals surface area (Å²) in [6.07, 6.45) is 4.22. The number of hydrogen-bond acceptors (Lipinski definition) is 12.